The standard InChI is InChI=1S/C12H9BrN2O3/c13-9-4-2-1-3-8(9)7-18-11-6-14-5-10(15-11)12(16)17/h1-6H,7H2,(H,16,17). The van der Waals surface area contributed by atoms with Crippen molar-refractivity contribution in [2.45, 2.75) is 6.61 Å². The zero-order valence-electron chi connectivity index (χ0n) is 9.21. The van der Waals surface area contributed by atoms with Gasteiger partial charge in [-0.05, 0) is 6.07 Å². The van der Waals surface area contributed by atoms with Gasteiger partial charge in [0.2, 0.25) is 5.88 Å². The Morgan fingerprint density at radius 2 is 2.11 bits per heavy atom. The maximum absolute atomic E-state index is 10.7. The van der Waals surface area contributed by atoms with Gasteiger partial charge in [0.05, 0.1) is 12.4 Å². The van der Waals surface area contributed by atoms with Crippen LogP contribution in [0.3, 0.4) is 0 Å². The Labute approximate surface area is 112 Å². The lowest BCUT2D eigenvalue weighted by atomic mass is 10.2. The SMILES string of the molecule is O=C(O)c1cncc(OCc2ccccc2Br)n1. The van der Waals surface area contributed by atoms with Crippen LogP contribution in [0, 0.1) is 0 Å². The second-order valence-electron chi connectivity index (χ2n) is 3.43. The number of aromatic nitrogens is 2. The van der Waals surface area contributed by atoms with Crippen LogP contribution in [-0.4, -0.2) is 21.0 Å². The Balaban J connectivity index is 2.09. The number of aromatic carboxylic acids is 1. The highest BCUT2D eigenvalue weighted by Gasteiger charge is 2.07. The van der Waals surface area contributed by atoms with Crippen LogP contribution in [0.5, 0.6) is 5.88 Å². The molecule has 2 aromatic rings. The van der Waals surface area contributed by atoms with E-state index in [9.17, 15) is 4.79 Å². The van der Waals surface area contributed by atoms with Gasteiger partial charge in [-0.25, -0.2) is 9.78 Å². The Morgan fingerprint density at radius 3 is 2.83 bits per heavy atom. The number of hydrogen-bond acceptors (Lipinski definition) is 4. The minimum Gasteiger partial charge on any atom is -0.476 e. The average molecular weight is 309 g/mol. The molecule has 0 amide bonds. The normalized spacial score (nSPS) is 10.1. The monoisotopic (exact) mass is 308 g/mol. The molecule has 6 heteroatoms. The van der Waals surface area contributed by atoms with Gasteiger partial charge in [-0.1, -0.05) is 34.1 Å². The maximum atomic E-state index is 10.7. The van der Waals surface area contributed by atoms with Gasteiger partial charge < -0.3 is 9.84 Å². The Hall–Kier alpha value is -1.95. The number of rotatable bonds is 4. The highest BCUT2D eigenvalue weighted by molar-refractivity contribution is 9.10. The molecule has 18 heavy (non-hydrogen) atoms. The van der Waals surface area contributed by atoms with Crippen LogP contribution >= 0.6 is 15.9 Å². The van der Waals surface area contributed by atoms with Crippen molar-refractivity contribution in [3.05, 3.63) is 52.4 Å². The Morgan fingerprint density at radius 1 is 1.33 bits per heavy atom. The molecule has 0 saturated carbocycles. The van der Waals surface area contributed by atoms with E-state index in [0.29, 0.717) is 6.61 Å². The molecule has 1 aromatic carbocycles. The van der Waals surface area contributed by atoms with Crippen molar-refractivity contribution in [3.8, 4) is 5.88 Å². The molecule has 0 saturated heterocycles. The highest BCUT2D eigenvalue weighted by atomic mass is 79.9. The fraction of sp³-hybridized carbons (Fsp3) is 0.0833. The fourth-order valence-electron chi connectivity index (χ4n) is 1.29. The van der Waals surface area contributed by atoms with Crippen molar-refractivity contribution in [2.75, 3.05) is 0 Å². The van der Waals surface area contributed by atoms with Crippen LogP contribution in [0.25, 0.3) is 0 Å². The Bertz CT molecular complexity index is 575. The first-order valence-electron chi connectivity index (χ1n) is 5.08. The van der Waals surface area contributed by atoms with Crippen molar-refractivity contribution >= 4 is 21.9 Å². The van der Waals surface area contributed by atoms with E-state index in [4.69, 9.17) is 9.84 Å². The largest absolute Gasteiger partial charge is 0.476 e. The number of hydrogen-bond donors (Lipinski definition) is 1. The summed E-state index contributed by atoms with van der Waals surface area (Å²) in [5, 5.41) is 8.77. The maximum Gasteiger partial charge on any atom is 0.356 e. The third-order valence-electron chi connectivity index (χ3n) is 2.16. The number of carboxylic acids is 1. The molecule has 1 heterocycles. The molecule has 0 fully saturated rings. The summed E-state index contributed by atoms with van der Waals surface area (Å²) in [5.41, 5.74) is 0.805. The summed E-state index contributed by atoms with van der Waals surface area (Å²) in [6.07, 6.45) is 2.55. The molecule has 92 valence electrons. The minimum atomic E-state index is -1.13. The van der Waals surface area contributed by atoms with Crippen LogP contribution in [0.2, 0.25) is 0 Å². The summed E-state index contributed by atoms with van der Waals surface area (Å²) in [5.74, 6) is -0.945. The number of benzene rings is 1. The molecule has 0 aliphatic heterocycles. The van der Waals surface area contributed by atoms with E-state index in [-0.39, 0.29) is 11.6 Å². The lowest BCUT2D eigenvalue weighted by Crippen LogP contribution is -2.04. The first-order valence-corrected chi connectivity index (χ1v) is 5.87. The van der Waals surface area contributed by atoms with E-state index < -0.39 is 5.97 Å². The molecule has 0 spiro atoms. The van der Waals surface area contributed by atoms with Crippen LogP contribution in [0.15, 0.2) is 41.1 Å². The van der Waals surface area contributed by atoms with Gasteiger partial charge in [0.15, 0.2) is 5.69 Å². The number of nitrogens with zero attached hydrogens (tertiary/aromatic N) is 2. The fourth-order valence-corrected chi connectivity index (χ4v) is 1.69. The van der Waals surface area contributed by atoms with Crippen molar-refractivity contribution in [2.24, 2.45) is 0 Å². The second-order valence-corrected chi connectivity index (χ2v) is 4.28. The van der Waals surface area contributed by atoms with Crippen LogP contribution in [-0.2, 0) is 6.61 Å². The number of carbonyl (C=O) groups is 1. The topological polar surface area (TPSA) is 72.3 Å². The van der Waals surface area contributed by atoms with E-state index in [1.165, 1.54) is 12.4 Å². The lowest BCUT2D eigenvalue weighted by molar-refractivity contribution is 0.0688. The molecule has 5 nitrogen and oxygen atoms in total. The molecule has 0 atom stereocenters. The predicted octanol–water partition coefficient (Wildman–Crippen LogP) is 2.52. The number of halogens is 1. The summed E-state index contributed by atoms with van der Waals surface area (Å²) in [6, 6.07) is 7.60. The van der Waals surface area contributed by atoms with Gasteiger partial charge >= 0.3 is 5.97 Å². The summed E-state index contributed by atoms with van der Waals surface area (Å²) in [7, 11) is 0. The summed E-state index contributed by atoms with van der Waals surface area (Å²) in [6.45, 7) is 0.291. The molecule has 0 radical (unpaired) electrons. The summed E-state index contributed by atoms with van der Waals surface area (Å²) >= 11 is 3.40. The number of ether oxygens (including phenoxy) is 1. The van der Waals surface area contributed by atoms with Crippen molar-refractivity contribution in [1.82, 2.24) is 9.97 Å². The zero-order chi connectivity index (χ0) is 13.0. The van der Waals surface area contributed by atoms with Gasteiger partial charge in [0.25, 0.3) is 0 Å². The molecule has 0 unspecified atom stereocenters. The summed E-state index contributed by atoms with van der Waals surface area (Å²) in [4.78, 5) is 18.3. The average Bonchev–Trinajstić information content (AvgIpc) is 2.38. The molecule has 1 N–H and O–H groups in total. The molecule has 1 aromatic heterocycles. The van der Waals surface area contributed by atoms with E-state index in [0.717, 1.165) is 10.0 Å². The van der Waals surface area contributed by atoms with Crippen molar-refractivity contribution in [3.63, 3.8) is 0 Å². The molecular formula is C12H9BrN2O3. The van der Waals surface area contributed by atoms with Gasteiger partial charge in [0, 0.05) is 10.0 Å². The van der Waals surface area contributed by atoms with E-state index in [2.05, 4.69) is 25.9 Å². The molecular weight excluding hydrogens is 300 g/mol. The molecule has 0 aliphatic rings. The van der Waals surface area contributed by atoms with Gasteiger partial charge in [-0.15, -0.1) is 0 Å². The third-order valence-corrected chi connectivity index (χ3v) is 2.94. The minimum absolute atomic E-state index is 0.139. The third kappa shape index (κ3) is 3.04. The molecule has 0 aliphatic carbocycles. The van der Waals surface area contributed by atoms with Crippen LogP contribution in [0.4, 0.5) is 0 Å². The first kappa shape index (κ1) is 12.5. The Kier molecular flexibility index (Phi) is 3.88. The van der Waals surface area contributed by atoms with Gasteiger partial charge in [0.1, 0.15) is 6.61 Å². The molecule has 2 rings (SSSR count). The lowest BCUT2D eigenvalue weighted by Gasteiger charge is -2.06. The predicted molar refractivity (Wildman–Crippen MR) is 67.5 cm³/mol. The highest BCUT2D eigenvalue weighted by Crippen LogP contribution is 2.17. The first-order chi connectivity index (χ1) is 8.66. The summed E-state index contributed by atoms with van der Waals surface area (Å²) < 4.78 is 6.32. The van der Waals surface area contributed by atoms with Crippen molar-refractivity contribution < 1.29 is 14.6 Å². The van der Waals surface area contributed by atoms with E-state index >= 15 is 0 Å². The smallest absolute Gasteiger partial charge is 0.356 e. The molecule has 0 bridgehead atoms. The van der Waals surface area contributed by atoms with Crippen LogP contribution < -0.4 is 4.74 Å². The van der Waals surface area contributed by atoms with Crippen LogP contribution in [0.1, 0.15) is 16.1 Å². The van der Waals surface area contributed by atoms with E-state index in [1.54, 1.807) is 0 Å². The second kappa shape index (κ2) is 5.59. The van der Waals surface area contributed by atoms with Gasteiger partial charge in [-0.3, -0.25) is 4.98 Å². The van der Waals surface area contributed by atoms with Crippen molar-refractivity contribution in [1.29, 1.82) is 0 Å². The zero-order valence-corrected chi connectivity index (χ0v) is 10.8. The number of carboxylic acid groups (broad SMARTS) is 1. The quantitative estimate of drug-likeness (QED) is 0.939. The van der Waals surface area contributed by atoms with Gasteiger partial charge in [-0.2, -0.15) is 0 Å². The van der Waals surface area contributed by atoms with E-state index in [1.807, 2.05) is 24.3 Å².